The molecule has 1 atom stereocenters. The molecule has 0 aliphatic heterocycles. The second kappa shape index (κ2) is 5.51. The standard InChI is InChI=1S/C20H15OP/c21-19-16-10-5-4-9-15(16)17-11-6-12-22-20(17)18(19)13-14-7-2-1-3-8-14/h1-12,18H,13H2. The molecule has 0 fully saturated rings. The first kappa shape index (κ1) is 13.4. The highest BCUT2D eigenvalue weighted by Crippen LogP contribution is 2.44. The first-order valence-electron chi connectivity index (χ1n) is 7.47. The third kappa shape index (κ3) is 2.19. The van der Waals surface area contributed by atoms with Crippen LogP contribution < -0.4 is 0 Å². The molecular weight excluding hydrogens is 287 g/mol. The number of Topliss-reactive ketones (excluding diaryl/α,β-unsaturated/α-hetero) is 1. The minimum atomic E-state index is -0.0461. The van der Waals surface area contributed by atoms with E-state index in [-0.39, 0.29) is 11.7 Å². The predicted molar refractivity (Wildman–Crippen MR) is 91.6 cm³/mol. The summed E-state index contributed by atoms with van der Waals surface area (Å²) in [6, 6.07) is 22.5. The van der Waals surface area contributed by atoms with Crippen molar-refractivity contribution in [2.45, 2.75) is 12.3 Å². The lowest BCUT2D eigenvalue weighted by atomic mass is 9.80. The van der Waals surface area contributed by atoms with Gasteiger partial charge >= 0.3 is 0 Å². The Bertz CT molecular complexity index is 839. The Morgan fingerprint density at radius 1 is 0.773 bits per heavy atom. The summed E-state index contributed by atoms with van der Waals surface area (Å²) in [6.07, 6.45) is 0.779. The molecule has 0 spiro atoms. The monoisotopic (exact) mass is 302 g/mol. The zero-order valence-electron chi connectivity index (χ0n) is 12.1. The molecule has 1 nitrogen and oxygen atoms in total. The Kier molecular flexibility index (Phi) is 3.36. The third-order valence-corrected chi connectivity index (χ3v) is 5.40. The van der Waals surface area contributed by atoms with Gasteiger partial charge in [0.2, 0.25) is 0 Å². The highest BCUT2D eigenvalue weighted by Gasteiger charge is 2.31. The molecule has 1 aromatic heterocycles. The zero-order valence-corrected chi connectivity index (χ0v) is 13.0. The lowest BCUT2D eigenvalue weighted by Gasteiger charge is -2.26. The molecule has 2 aromatic carbocycles. The van der Waals surface area contributed by atoms with Gasteiger partial charge in [-0.3, -0.25) is 4.79 Å². The van der Waals surface area contributed by atoms with E-state index in [4.69, 9.17) is 0 Å². The second-order valence-electron chi connectivity index (χ2n) is 5.59. The molecule has 4 rings (SSSR count). The van der Waals surface area contributed by atoms with Crippen molar-refractivity contribution in [3.05, 3.63) is 89.0 Å². The molecule has 0 radical (unpaired) electrons. The van der Waals surface area contributed by atoms with E-state index in [1.165, 1.54) is 16.4 Å². The van der Waals surface area contributed by atoms with Crippen LogP contribution >= 0.6 is 8.19 Å². The van der Waals surface area contributed by atoms with Crippen LogP contribution in [0.3, 0.4) is 0 Å². The topological polar surface area (TPSA) is 17.1 Å². The van der Waals surface area contributed by atoms with Crippen LogP contribution in [0.2, 0.25) is 0 Å². The van der Waals surface area contributed by atoms with E-state index in [0.717, 1.165) is 25.7 Å². The third-order valence-electron chi connectivity index (χ3n) is 4.25. The quantitative estimate of drug-likeness (QED) is 0.614. The molecule has 22 heavy (non-hydrogen) atoms. The van der Waals surface area contributed by atoms with E-state index in [1.807, 2.05) is 36.4 Å². The fourth-order valence-corrected chi connectivity index (χ4v) is 4.26. The maximum absolute atomic E-state index is 13.0. The van der Waals surface area contributed by atoms with Gasteiger partial charge in [0.1, 0.15) is 0 Å². The van der Waals surface area contributed by atoms with E-state index in [9.17, 15) is 4.79 Å². The fourth-order valence-electron chi connectivity index (χ4n) is 3.21. The van der Waals surface area contributed by atoms with Crippen LogP contribution in [0.5, 0.6) is 0 Å². The number of rotatable bonds is 2. The van der Waals surface area contributed by atoms with Crippen molar-refractivity contribution in [2.75, 3.05) is 0 Å². The molecule has 0 bridgehead atoms. The van der Waals surface area contributed by atoms with Crippen molar-refractivity contribution in [3.8, 4) is 11.1 Å². The van der Waals surface area contributed by atoms with Crippen molar-refractivity contribution in [2.24, 2.45) is 0 Å². The van der Waals surface area contributed by atoms with Gasteiger partial charge in [0, 0.05) is 5.56 Å². The smallest absolute Gasteiger partial charge is 0.171 e. The first-order chi connectivity index (χ1) is 10.8. The Morgan fingerprint density at radius 3 is 2.27 bits per heavy atom. The summed E-state index contributed by atoms with van der Waals surface area (Å²) in [5, 5.41) is 1.25. The van der Waals surface area contributed by atoms with Gasteiger partial charge in [0.15, 0.2) is 5.78 Å². The highest BCUT2D eigenvalue weighted by atomic mass is 31.0. The maximum atomic E-state index is 13.0. The number of benzene rings is 2. The van der Waals surface area contributed by atoms with Gasteiger partial charge in [-0.1, -0.05) is 74.9 Å². The van der Waals surface area contributed by atoms with Crippen LogP contribution in [0.15, 0.2) is 72.5 Å². The van der Waals surface area contributed by atoms with Gasteiger partial charge in [-0.2, -0.15) is 0 Å². The number of ketones is 1. The van der Waals surface area contributed by atoms with Gasteiger partial charge < -0.3 is 0 Å². The van der Waals surface area contributed by atoms with Gasteiger partial charge in [0.25, 0.3) is 0 Å². The summed E-state index contributed by atoms with van der Waals surface area (Å²) >= 11 is 0. The van der Waals surface area contributed by atoms with Crippen molar-refractivity contribution < 1.29 is 4.79 Å². The Hall–Kier alpha value is -2.24. The number of fused-ring (bicyclic) bond motifs is 3. The van der Waals surface area contributed by atoms with Crippen LogP contribution in [0.1, 0.15) is 27.1 Å². The molecule has 0 saturated heterocycles. The van der Waals surface area contributed by atoms with Gasteiger partial charge in [0.05, 0.1) is 5.92 Å². The summed E-state index contributed by atoms with van der Waals surface area (Å²) in [5.74, 6) is 2.34. The number of carbonyl (C=O) groups excluding carboxylic acids is 1. The van der Waals surface area contributed by atoms with E-state index < -0.39 is 0 Å². The van der Waals surface area contributed by atoms with Crippen LogP contribution in [0.25, 0.3) is 11.1 Å². The van der Waals surface area contributed by atoms with Crippen LogP contribution in [0, 0.1) is 0 Å². The van der Waals surface area contributed by atoms with Crippen molar-refractivity contribution in [1.82, 2.24) is 0 Å². The molecule has 0 amide bonds. The minimum Gasteiger partial charge on any atom is -0.293 e. The van der Waals surface area contributed by atoms with E-state index >= 15 is 0 Å². The summed E-state index contributed by atoms with van der Waals surface area (Å²) < 4.78 is 0. The Morgan fingerprint density at radius 2 is 1.45 bits per heavy atom. The molecule has 1 aliphatic rings. The van der Waals surface area contributed by atoms with E-state index in [0.29, 0.717) is 0 Å². The maximum Gasteiger partial charge on any atom is 0.171 e. The molecule has 1 heterocycles. The summed E-state index contributed by atoms with van der Waals surface area (Å²) in [4.78, 5) is 13.0. The molecule has 2 heteroatoms. The molecule has 106 valence electrons. The van der Waals surface area contributed by atoms with Crippen molar-refractivity contribution >= 4 is 14.0 Å². The SMILES string of the molecule is O=C1c2ccccc2-c2cccpc2C1Cc1ccccc1. The van der Waals surface area contributed by atoms with Crippen LogP contribution in [0.4, 0.5) is 0 Å². The molecule has 1 aliphatic carbocycles. The van der Waals surface area contributed by atoms with Gasteiger partial charge in [-0.05, 0) is 34.2 Å². The Balaban J connectivity index is 1.85. The number of carbonyl (C=O) groups is 1. The normalized spacial score (nSPS) is 16.4. The van der Waals surface area contributed by atoms with Gasteiger partial charge in [-0.25, -0.2) is 0 Å². The fraction of sp³-hybridized carbons (Fsp3) is 0.100. The minimum absolute atomic E-state index is 0.0461. The summed E-state index contributed by atoms with van der Waals surface area (Å²) in [6.45, 7) is 0. The molecular formula is C20H15OP. The van der Waals surface area contributed by atoms with Gasteiger partial charge in [-0.15, -0.1) is 0 Å². The number of hydrogen-bond donors (Lipinski definition) is 0. The number of hydrogen-bond acceptors (Lipinski definition) is 1. The Labute approximate surface area is 131 Å². The molecule has 3 aromatic rings. The van der Waals surface area contributed by atoms with Crippen molar-refractivity contribution in [1.29, 1.82) is 0 Å². The second-order valence-corrected chi connectivity index (χ2v) is 6.63. The lowest BCUT2D eigenvalue weighted by molar-refractivity contribution is 0.0959. The van der Waals surface area contributed by atoms with Crippen LogP contribution in [-0.4, -0.2) is 5.78 Å². The van der Waals surface area contributed by atoms with Crippen molar-refractivity contribution in [3.63, 3.8) is 0 Å². The average molecular weight is 302 g/mol. The highest BCUT2D eigenvalue weighted by molar-refractivity contribution is 7.30. The van der Waals surface area contributed by atoms with Crippen LogP contribution in [-0.2, 0) is 6.42 Å². The van der Waals surface area contributed by atoms with E-state index in [2.05, 4.69) is 36.1 Å². The molecule has 1 unspecified atom stereocenters. The molecule has 0 N–H and O–H groups in total. The molecule has 0 saturated carbocycles. The summed E-state index contributed by atoms with van der Waals surface area (Å²) in [7, 11) is 1.15. The average Bonchev–Trinajstić information content (AvgIpc) is 2.59. The largest absolute Gasteiger partial charge is 0.293 e. The zero-order chi connectivity index (χ0) is 14.9. The predicted octanol–water partition coefficient (Wildman–Crippen LogP) is 5.46. The summed E-state index contributed by atoms with van der Waals surface area (Å²) in [5.41, 5.74) is 4.41. The lowest BCUT2D eigenvalue weighted by Crippen LogP contribution is -2.20. The van der Waals surface area contributed by atoms with E-state index in [1.54, 1.807) is 0 Å². The first-order valence-corrected chi connectivity index (χ1v) is 8.43.